The van der Waals surface area contributed by atoms with Gasteiger partial charge in [0.05, 0.1) is 43.5 Å². The molecule has 4 rings (SSSR count). The summed E-state index contributed by atoms with van der Waals surface area (Å²) in [6.45, 7) is 3.21. The van der Waals surface area contributed by atoms with E-state index in [2.05, 4.69) is 0 Å². The van der Waals surface area contributed by atoms with Crippen LogP contribution in [0.25, 0.3) is 22.2 Å². The third kappa shape index (κ3) is 4.62. The minimum absolute atomic E-state index is 0.0652. The predicted molar refractivity (Wildman–Crippen MR) is 126 cm³/mol. The van der Waals surface area contributed by atoms with Crippen molar-refractivity contribution in [3.63, 3.8) is 0 Å². The number of ether oxygens (including phenoxy) is 3. The second kappa shape index (κ2) is 9.90. The smallest absolute Gasteiger partial charge is 0.309 e. The van der Waals surface area contributed by atoms with Gasteiger partial charge in [-0.2, -0.15) is 0 Å². The number of pyridine rings is 1. The fourth-order valence-corrected chi connectivity index (χ4v) is 4.25. The lowest BCUT2D eigenvalue weighted by atomic mass is 9.95. The molecule has 33 heavy (non-hydrogen) atoms. The first-order valence-electron chi connectivity index (χ1n) is 11.1. The molecule has 0 atom stereocenters. The van der Waals surface area contributed by atoms with Crippen LogP contribution in [-0.4, -0.2) is 55.7 Å². The van der Waals surface area contributed by atoms with E-state index in [1.54, 1.807) is 27.2 Å². The van der Waals surface area contributed by atoms with E-state index >= 15 is 0 Å². The van der Waals surface area contributed by atoms with E-state index in [0.717, 1.165) is 16.5 Å². The van der Waals surface area contributed by atoms with Crippen molar-refractivity contribution >= 4 is 22.8 Å². The van der Waals surface area contributed by atoms with Gasteiger partial charge in [0.25, 0.3) is 5.91 Å². The molecule has 0 saturated carbocycles. The van der Waals surface area contributed by atoms with Crippen LogP contribution in [0.3, 0.4) is 0 Å². The molecule has 2 aromatic carbocycles. The summed E-state index contributed by atoms with van der Waals surface area (Å²) in [6.07, 6.45) is 1.21. The molecule has 3 aromatic rings. The van der Waals surface area contributed by atoms with Gasteiger partial charge >= 0.3 is 5.97 Å². The van der Waals surface area contributed by atoms with Gasteiger partial charge in [-0.25, -0.2) is 4.98 Å². The van der Waals surface area contributed by atoms with Crippen LogP contribution >= 0.6 is 0 Å². The Labute approximate surface area is 193 Å². The highest BCUT2D eigenvalue weighted by Crippen LogP contribution is 2.35. The topological polar surface area (TPSA) is 78.0 Å². The van der Waals surface area contributed by atoms with E-state index in [9.17, 15) is 9.59 Å². The highest BCUT2D eigenvalue weighted by molar-refractivity contribution is 6.07. The standard InChI is InChI=1S/C26H28N2O5/c1-4-33-26(30)17-11-13-28(14-12-17)25(29)21-16-23(27-22-8-6-5-7-19(21)22)20-10-9-18(31-2)15-24(20)32-3/h5-10,15-17H,4,11-14H2,1-3H3. The minimum Gasteiger partial charge on any atom is -0.497 e. The average molecular weight is 449 g/mol. The van der Waals surface area contributed by atoms with E-state index in [1.807, 2.05) is 47.4 Å². The second-order valence-electron chi connectivity index (χ2n) is 7.96. The number of hydrogen-bond donors (Lipinski definition) is 0. The van der Waals surface area contributed by atoms with Crippen molar-refractivity contribution in [2.75, 3.05) is 33.9 Å². The van der Waals surface area contributed by atoms with Gasteiger partial charge in [0.15, 0.2) is 0 Å². The molecule has 172 valence electrons. The molecule has 0 aliphatic carbocycles. The molecule has 1 aromatic heterocycles. The summed E-state index contributed by atoms with van der Waals surface area (Å²) in [5, 5.41) is 0.797. The molecule has 7 heteroatoms. The lowest BCUT2D eigenvalue weighted by Crippen LogP contribution is -2.40. The molecule has 1 saturated heterocycles. The van der Waals surface area contributed by atoms with Crippen molar-refractivity contribution in [3.8, 4) is 22.8 Å². The minimum atomic E-state index is -0.173. The number of amides is 1. The Bertz CT molecular complexity index is 1170. The number of carbonyl (C=O) groups is 2. The fraction of sp³-hybridized carbons (Fsp3) is 0.346. The maximum atomic E-state index is 13.6. The Morgan fingerprint density at radius 3 is 2.48 bits per heavy atom. The summed E-state index contributed by atoms with van der Waals surface area (Å²) in [5.41, 5.74) is 2.75. The second-order valence-corrected chi connectivity index (χ2v) is 7.96. The zero-order chi connectivity index (χ0) is 23.4. The van der Waals surface area contributed by atoms with Crippen molar-refractivity contribution in [2.24, 2.45) is 5.92 Å². The Morgan fingerprint density at radius 1 is 1.03 bits per heavy atom. The number of fused-ring (bicyclic) bond motifs is 1. The first-order valence-corrected chi connectivity index (χ1v) is 11.1. The number of hydrogen-bond acceptors (Lipinski definition) is 6. The van der Waals surface area contributed by atoms with E-state index in [1.165, 1.54) is 0 Å². The van der Waals surface area contributed by atoms with Crippen molar-refractivity contribution in [3.05, 3.63) is 54.1 Å². The number of likely N-dealkylation sites (tertiary alicyclic amines) is 1. The molecule has 0 N–H and O–H groups in total. The Hall–Kier alpha value is -3.61. The third-order valence-corrected chi connectivity index (χ3v) is 6.03. The van der Waals surface area contributed by atoms with Crippen LogP contribution in [0.2, 0.25) is 0 Å². The first-order chi connectivity index (χ1) is 16.0. The predicted octanol–water partition coefficient (Wildman–Crippen LogP) is 4.33. The van der Waals surface area contributed by atoms with Crippen LogP contribution in [0.4, 0.5) is 0 Å². The molecule has 1 aliphatic rings. The summed E-state index contributed by atoms with van der Waals surface area (Å²) in [4.78, 5) is 32.3. The van der Waals surface area contributed by atoms with Crippen molar-refractivity contribution in [1.82, 2.24) is 9.88 Å². The van der Waals surface area contributed by atoms with Crippen molar-refractivity contribution in [2.45, 2.75) is 19.8 Å². The summed E-state index contributed by atoms with van der Waals surface area (Å²) in [7, 11) is 3.20. The number of para-hydroxylation sites is 1. The number of esters is 1. The van der Waals surface area contributed by atoms with Crippen LogP contribution in [0.15, 0.2) is 48.5 Å². The monoisotopic (exact) mass is 448 g/mol. The number of aromatic nitrogens is 1. The van der Waals surface area contributed by atoms with E-state index < -0.39 is 0 Å². The Kier molecular flexibility index (Phi) is 6.77. The number of piperidine rings is 1. The zero-order valence-electron chi connectivity index (χ0n) is 19.2. The van der Waals surface area contributed by atoms with Crippen molar-refractivity contribution < 1.29 is 23.8 Å². The Balaban J connectivity index is 1.69. The molecule has 2 heterocycles. The van der Waals surface area contributed by atoms with Gasteiger partial charge in [-0.1, -0.05) is 18.2 Å². The average Bonchev–Trinajstić information content (AvgIpc) is 2.87. The van der Waals surface area contributed by atoms with E-state index in [-0.39, 0.29) is 17.8 Å². The maximum Gasteiger partial charge on any atom is 0.309 e. The van der Waals surface area contributed by atoms with Crippen LogP contribution in [-0.2, 0) is 9.53 Å². The number of nitrogens with zero attached hydrogens (tertiary/aromatic N) is 2. The molecule has 1 aliphatic heterocycles. The van der Waals surface area contributed by atoms with Gasteiger partial charge in [-0.15, -0.1) is 0 Å². The first kappa shape index (κ1) is 22.6. The molecule has 0 bridgehead atoms. The number of carbonyl (C=O) groups excluding carboxylic acids is 2. The quantitative estimate of drug-likeness (QED) is 0.522. The highest BCUT2D eigenvalue weighted by atomic mass is 16.5. The summed E-state index contributed by atoms with van der Waals surface area (Å²) < 4.78 is 16.0. The summed E-state index contributed by atoms with van der Waals surface area (Å²) in [6, 6.07) is 15.0. The van der Waals surface area contributed by atoms with Crippen LogP contribution in [0.5, 0.6) is 11.5 Å². The highest BCUT2D eigenvalue weighted by Gasteiger charge is 2.29. The van der Waals surface area contributed by atoms with E-state index in [0.29, 0.717) is 55.3 Å². The molecule has 1 amide bonds. The lowest BCUT2D eigenvalue weighted by Gasteiger charge is -2.31. The van der Waals surface area contributed by atoms with Gasteiger partial charge in [-0.05, 0) is 44.0 Å². The molecule has 1 fully saturated rings. The van der Waals surface area contributed by atoms with Gasteiger partial charge in [0, 0.05) is 30.1 Å². The Morgan fingerprint density at radius 2 is 1.79 bits per heavy atom. The normalized spacial score (nSPS) is 14.2. The van der Waals surface area contributed by atoms with Gasteiger partial charge in [0.1, 0.15) is 11.5 Å². The number of methoxy groups -OCH3 is 2. The van der Waals surface area contributed by atoms with Gasteiger partial charge in [0.2, 0.25) is 0 Å². The zero-order valence-corrected chi connectivity index (χ0v) is 19.2. The van der Waals surface area contributed by atoms with Crippen molar-refractivity contribution in [1.29, 1.82) is 0 Å². The molecular weight excluding hydrogens is 420 g/mol. The lowest BCUT2D eigenvalue weighted by molar-refractivity contribution is -0.149. The summed E-state index contributed by atoms with van der Waals surface area (Å²) in [5.74, 6) is 0.905. The van der Waals surface area contributed by atoms with Crippen LogP contribution < -0.4 is 9.47 Å². The van der Waals surface area contributed by atoms with Gasteiger partial charge < -0.3 is 19.1 Å². The molecule has 7 nitrogen and oxygen atoms in total. The third-order valence-electron chi connectivity index (χ3n) is 6.03. The van der Waals surface area contributed by atoms with Crippen LogP contribution in [0, 0.1) is 5.92 Å². The number of rotatable bonds is 6. The molecule has 0 unspecified atom stereocenters. The van der Waals surface area contributed by atoms with Gasteiger partial charge in [-0.3, -0.25) is 9.59 Å². The molecular formula is C26H28N2O5. The maximum absolute atomic E-state index is 13.6. The molecule has 0 radical (unpaired) electrons. The fourth-order valence-electron chi connectivity index (χ4n) is 4.25. The van der Waals surface area contributed by atoms with E-state index in [4.69, 9.17) is 19.2 Å². The van der Waals surface area contributed by atoms with Crippen LogP contribution in [0.1, 0.15) is 30.1 Å². The summed E-state index contributed by atoms with van der Waals surface area (Å²) >= 11 is 0. The molecule has 0 spiro atoms. The number of benzene rings is 2. The SMILES string of the molecule is CCOC(=O)C1CCN(C(=O)c2cc(-c3ccc(OC)cc3OC)nc3ccccc23)CC1. The largest absolute Gasteiger partial charge is 0.497 e.